The lowest BCUT2D eigenvalue weighted by atomic mass is 9.97. The van der Waals surface area contributed by atoms with Crippen LogP contribution < -0.4 is 10.9 Å². The second-order valence-corrected chi connectivity index (χ2v) is 10.3. The van der Waals surface area contributed by atoms with Gasteiger partial charge in [0.25, 0.3) is 5.56 Å². The molecular weight excluding hydrogens is 442 g/mol. The molecule has 0 bridgehead atoms. The highest BCUT2D eigenvalue weighted by Crippen LogP contribution is 2.35. The maximum Gasteiger partial charge on any atom is 0.263 e. The Kier molecular flexibility index (Phi) is 5.89. The monoisotopic (exact) mass is 465 g/mol. The minimum absolute atomic E-state index is 0.0519. The van der Waals surface area contributed by atoms with Gasteiger partial charge < -0.3 is 9.73 Å². The van der Waals surface area contributed by atoms with Gasteiger partial charge in [0.2, 0.25) is 5.91 Å². The van der Waals surface area contributed by atoms with Crippen LogP contribution in [-0.4, -0.2) is 20.7 Å². The standard InChI is InChI=1S/C24H23N3O3S2/c1-15(21(28)25-16-8-3-2-4-9-16)31-24-26-22-20(18-11-5-6-12-19(18)32-22)23(29)27(24)14-17-10-7-13-30-17/h2-4,7-10,13,15H,5-6,11-12,14H2,1H3,(H,25,28). The van der Waals surface area contributed by atoms with E-state index in [1.807, 2.05) is 49.4 Å². The van der Waals surface area contributed by atoms with E-state index in [1.54, 1.807) is 22.2 Å². The van der Waals surface area contributed by atoms with Crippen molar-refractivity contribution < 1.29 is 9.21 Å². The first-order chi connectivity index (χ1) is 15.6. The second kappa shape index (κ2) is 8.96. The number of fused-ring (bicyclic) bond motifs is 3. The molecule has 8 heteroatoms. The number of aryl methyl sites for hydroxylation is 2. The Labute approximate surface area is 193 Å². The first-order valence-corrected chi connectivity index (χ1v) is 12.4. The number of carbonyl (C=O) groups excluding carboxylic acids is 1. The Morgan fingerprint density at radius 2 is 2.03 bits per heavy atom. The summed E-state index contributed by atoms with van der Waals surface area (Å²) in [5.74, 6) is 0.547. The van der Waals surface area contributed by atoms with Gasteiger partial charge in [-0.3, -0.25) is 14.2 Å². The van der Waals surface area contributed by atoms with Crippen molar-refractivity contribution in [1.29, 1.82) is 0 Å². The van der Waals surface area contributed by atoms with Crippen molar-refractivity contribution >= 4 is 44.9 Å². The summed E-state index contributed by atoms with van der Waals surface area (Å²) in [6.07, 6.45) is 5.78. The maximum atomic E-state index is 13.6. The lowest BCUT2D eigenvalue weighted by Crippen LogP contribution is -2.27. The molecule has 0 fully saturated rings. The summed E-state index contributed by atoms with van der Waals surface area (Å²) < 4.78 is 7.16. The summed E-state index contributed by atoms with van der Waals surface area (Å²) >= 11 is 2.92. The summed E-state index contributed by atoms with van der Waals surface area (Å²) in [5.41, 5.74) is 1.85. The van der Waals surface area contributed by atoms with Crippen LogP contribution in [0.3, 0.4) is 0 Å². The molecule has 0 radical (unpaired) electrons. The molecule has 0 saturated carbocycles. The smallest absolute Gasteiger partial charge is 0.263 e. The Hall–Kier alpha value is -2.84. The average Bonchev–Trinajstić information content (AvgIpc) is 3.44. The molecule has 0 saturated heterocycles. The fourth-order valence-electron chi connectivity index (χ4n) is 3.98. The molecule has 5 rings (SSSR count). The zero-order valence-corrected chi connectivity index (χ0v) is 19.3. The molecule has 3 heterocycles. The van der Waals surface area contributed by atoms with E-state index in [0.717, 1.165) is 47.2 Å². The number of aromatic nitrogens is 2. The Bertz CT molecular complexity index is 1310. The third kappa shape index (κ3) is 4.12. The molecule has 1 aromatic carbocycles. The number of thiophene rings is 1. The molecule has 1 N–H and O–H groups in total. The quantitative estimate of drug-likeness (QED) is 0.317. The van der Waals surface area contributed by atoms with Crippen LogP contribution in [0.2, 0.25) is 0 Å². The minimum Gasteiger partial charge on any atom is -0.467 e. The number of nitrogens with zero attached hydrogens (tertiary/aromatic N) is 2. The van der Waals surface area contributed by atoms with Crippen LogP contribution in [0, 0.1) is 0 Å². The molecule has 164 valence electrons. The zero-order valence-electron chi connectivity index (χ0n) is 17.7. The van der Waals surface area contributed by atoms with Crippen LogP contribution in [0.25, 0.3) is 10.2 Å². The Morgan fingerprint density at radius 1 is 1.22 bits per heavy atom. The Balaban J connectivity index is 1.52. The number of para-hydroxylation sites is 1. The van der Waals surface area contributed by atoms with E-state index in [4.69, 9.17) is 9.40 Å². The van der Waals surface area contributed by atoms with Gasteiger partial charge in [-0.25, -0.2) is 4.98 Å². The number of furan rings is 1. The fraction of sp³-hybridized carbons (Fsp3) is 0.292. The zero-order chi connectivity index (χ0) is 22.1. The number of hydrogen-bond acceptors (Lipinski definition) is 6. The number of benzene rings is 1. The number of hydrogen-bond donors (Lipinski definition) is 1. The first-order valence-electron chi connectivity index (χ1n) is 10.7. The van der Waals surface area contributed by atoms with Gasteiger partial charge in [0, 0.05) is 10.6 Å². The van der Waals surface area contributed by atoms with Crippen molar-refractivity contribution in [2.75, 3.05) is 5.32 Å². The molecule has 6 nitrogen and oxygen atoms in total. The van der Waals surface area contributed by atoms with Gasteiger partial charge in [-0.1, -0.05) is 30.0 Å². The molecule has 1 unspecified atom stereocenters. The van der Waals surface area contributed by atoms with Gasteiger partial charge in [0.1, 0.15) is 10.6 Å². The Morgan fingerprint density at radius 3 is 2.81 bits per heavy atom. The molecule has 4 aromatic rings. The van der Waals surface area contributed by atoms with Crippen LogP contribution in [0.15, 0.2) is 63.1 Å². The molecule has 1 aliphatic rings. The number of thioether (sulfide) groups is 1. The molecule has 32 heavy (non-hydrogen) atoms. The van der Waals surface area contributed by atoms with E-state index in [1.165, 1.54) is 16.6 Å². The van der Waals surface area contributed by atoms with Crippen molar-refractivity contribution in [1.82, 2.24) is 9.55 Å². The SMILES string of the molecule is CC(Sc1nc2sc3c(c2c(=O)n1Cc1ccco1)CCCC3)C(=O)Nc1ccccc1. The number of carbonyl (C=O) groups is 1. The predicted molar refractivity (Wildman–Crippen MR) is 129 cm³/mol. The minimum atomic E-state index is -0.433. The molecule has 0 aliphatic heterocycles. The topological polar surface area (TPSA) is 77.1 Å². The number of amides is 1. The van der Waals surface area contributed by atoms with E-state index >= 15 is 0 Å². The molecule has 0 spiro atoms. The van der Waals surface area contributed by atoms with E-state index in [9.17, 15) is 9.59 Å². The van der Waals surface area contributed by atoms with Gasteiger partial charge >= 0.3 is 0 Å². The fourth-order valence-corrected chi connectivity index (χ4v) is 6.20. The molecule has 1 atom stereocenters. The van der Waals surface area contributed by atoms with Crippen molar-refractivity contribution in [2.45, 2.75) is 49.6 Å². The predicted octanol–water partition coefficient (Wildman–Crippen LogP) is 5.10. The average molecular weight is 466 g/mol. The van der Waals surface area contributed by atoms with Crippen molar-refractivity contribution in [2.24, 2.45) is 0 Å². The molecule has 3 aromatic heterocycles. The summed E-state index contributed by atoms with van der Waals surface area (Å²) in [5, 5.41) is 3.77. The largest absolute Gasteiger partial charge is 0.467 e. The molecule has 1 amide bonds. The molecular formula is C24H23N3O3S2. The van der Waals surface area contributed by atoms with E-state index < -0.39 is 5.25 Å². The summed E-state index contributed by atoms with van der Waals surface area (Å²) in [4.78, 5) is 33.3. The van der Waals surface area contributed by atoms with E-state index in [-0.39, 0.29) is 18.0 Å². The number of nitrogens with one attached hydrogen (secondary N) is 1. The summed E-state index contributed by atoms with van der Waals surface area (Å²) in [6, 6.07) is 13.0. The van der Waals surface area contributed by atoms with Crippen molar-refractivity contribution in [3.8, 4) is 0 Å². The van der Waals surface area contributed by atoms with Gasteiger partial charge in [0.15, 0.2) is 5.16 Å². The van der Waals surface area contributed by atoms with Crippen LogP contribution in [0.4, 0.5) is 5.69 Å². The molecule has 1 aliphatic carbocycles. The van der Waals surface area contributed by atoms with Gasteiger partial charge in [0.05, 0.1) is 23.4 Å². The normalized spacial score (nSPS) is 14.3. The lowest BCUT2D eigenvalue weighted by Gasteiger charge is -2.16. The van der Waals surface area contributed by atoms with Gasteiger partial charge in [-0.2, -0.15) is 0 Å². The lowest BCUT2D eigenvalue weighted by molar-refractivity contribution is -0.115. The maximum absolute atomic E-state index is 13.6. The van der Waals surface area contributed by atoms with E-state index in [0.29, 0.717) is 10.9 Å². The van der Waals surface area contributed by atoms with Gasteiger partial charge in [-0.05, 0) is 62.4 Å². The van der Waals surface area contributed by atoms with Crippen LogP contribution in [-0.2, 0) is 24.2 Å². The van der Waals surface area contributed by atoms with Crippen LogP contribution in [0.1, 0.15) is 36.0 Å². The number of rotatable bonds is 6. The highest BCUT2D eigenvalue weighted by Gasteiger charge is 2.25. The van der Waals surface area contributed by atoms with Gasteiger partial charge in [-0.15, -0.1) is 11.3 Å². The van der Waals surface area contributed by atoms with Crippen LogP contribution in [0.5, 0.6) is 0 Å². The first kappa shape index (κ1) is 21.0. The third-order valence-electron chi connectivity index (χ3n) is 5.63. The summed E-state index contributed by atoms with van der Waals surface area (Å²) in [6.45, 7) is 2.12. The second-order valence-electron chi connectivity index (χ2n) is 7.87. The number of anilines is 1. The summed E-state index contributed by atoms with van der Waals surface area (Å²) in [7, 11) is 0. The van der Waals surface area contributed by atoms with E-state index in [2.05, 4.69) is 5.32 Å². The highest BCUT2D eigenvalue weighted by atomic mass is 32.2. The third-order valence-corrected chi connectivity index (χ3v) is 7.90. The van der Waals surface area contributed by atoms with Crippen LogP contribution >= 0.6 is 23.1 Å². The van der Waals surface area contributed by atoms with Crippen molar-refractivity contribution in [3.05, 3.63) is 75.3 Å². The highest BCUT2D eigenvalue weighted by molar-refractivity contribution is 8.00. The van der Waals surface area contributed by atoms with Crippen molar-refractivity contribution in [3.63, 3.8) is 0 Å².